The SMILES string of the molecule is CCNC(=NCC1(CCOCC)CC1)NC(C)c1cc(OC)ccc1OC.I. The van der Waals surface area contributed by atoms with Gasteiger partial charge < -0.3 is 24.8 Å². The summed E-state index contributed by atoms with van der Waals surface area (Å²) in [4.78, 5) is 4.86. The molecule has 1 aromatic rings. The highest BCUT2D eigenvalue weighted by Crippen LogP contribution is 2.49. The fraction of sp³-hybridized carbons (Fsp3) is 0.667. The average Bonchev–Trinajstić information content (AvgIpc) is 3.46. The fourth-order valence-electron chi connectivity index (χ4n) is 3.12. The number of guanidine groups is 1. The zero-order chi connectivity index (χ0) is 19.7. The minimum absolute atomic E-state index is 0. The van der Waals surface area contributed by atoms with Crippen LogP contribution in [0.3, 0.4) is 0 Å². The Bertz CT molecular complexity index is 621. The number of benzene rings is 1. The maximum absolute atomic E-state index is 5.53. The van der Waals surface area contributed by atoms with Gasteiger partial charge in [0.2, 0.25) is 0 Å². The second kappa shape index (κ2) is 12.4. The molecule has 160 valence electrons. The molecule has 1 aliphatic carbocycles. The number of aliphatic imine (C=N–C) groups is 1. The molecular weight excluding hydrogens is 469 g/mol. The third-order valence-electron chi connectivity index (χ3n) is 5.11. The first-order valence-electron chi connectivity index (χ1n) is 9.92. The number of rotatable bonds is 11. The van der Waals surface area contributed by atoms with Crippen LogP contribution in [0, 0.1) is 5.41 Å². The maximum atomic E-state index is 5.53. The van der Waals surface area contributed by atoms with Gasteiger partial charge in [0, 0.05) is 31.9 Å². The number of nitrogens with one attached hydrogen (secondary N) is 2. The van der Waals surface area contributed by atoms with Crippen LogP contribution in [0.4, 0.5) is 0 Å². The minimum atomic E-state index is 0. The Hall–Kier alpha value is -1.22. The van der Waals surface area contributed by atoms with Gasteiger partial charge in [0.25, 0.3) is 0 Å². The van der Waals surface area contributed by atoms with Gasteiger partial charge in [-0.05, 0) is 63.6 Å². The molecule has 0 bridgehead atoms. The van der Waals surface area contributed by atoms with Gasteiger partial charge in [-0.25, -0.2) is 0 Å². The molecule has 0 aromatic heterocycles. The smallest absolute Gasteiger partial charge is 0.191 e. The molecule has 7 heteroatoms. The summed E-state index contributed by atoms with van der Waals surface area (Å²) in [5.74, 6) is 2.48. The van der Waals surface area contributed by atoms with Crippen LogP contribution < -0.4 is 20.1 Å². The van der Waals surface area contributed by atoms with Gasteiger partial charge in [-0.1, -0.05) is 0 Å². The van der Waals surface area contributed by atoms with Gasteiger partial charge in [-0.2, -0.15) is 0 Å². The standard InChI is InChI=1S/C21H35N3O3.HI/c1-6-22-20(23-15-21(10-11-21)12-13-27-7-2)24-16(3)18-14-17(25-4)8-9-19(18)26-5;/h8-9,14,16H,6-7,10-13,15H2,1-5H3,(H2,22,23,24);1H. The van der Waals surface area contributed by atoms with Crippen molar-refractivity contribution in [2.24, 2.45) is 10.4 Å². The van der Waals surface area contributed by atoms with Crippen molar-refractivity contribution >= 4 is 29.9 Å². The molecule has 0 saturated heterocycles. The van der Waals surface area contributed by atoms with Crippen molar-refractivity contribution in [2.75, 3.05) is 40.5 Å². The van der Waals surface area contributed by atoms with Gasteiger partial charge in [0.05, 0.1) is 20.3 Å². The summed E-state index contributed by atoms with van der Waals surface area (Å²) in [6.07, 6.45) is 3.56. The lowest BCUT2D eigenvalue weighted by Crippen LogP contribution is -2.39. The largest absolute Gasteiger partial charge is 0.497 e. The summed E-state index contributed by atoms with van der Waals surface area (Å²) < 4.78 is 16.4. The molecule has 0 spiro atoms. The van der Waals surface area contributed by atoms with Crippen LogP contribution in [0.2, 0.25) is 0 Å². The Morgan fingerprint density at radius 3 is 2.54 bits per heavy atom. The third-order valence-corrected chi connectivity index (χ3v) is 5.11. The molecular formula is C21H36IN3O3. The number of ether oxygens (including phenoxy) is 3. The van der Waals surface area contributed by atoms with Crippen LogP contribution in [0.5, 0.6) is 11.5 Å². The van der Waals surface area contributed by atoms with E-state index >= 15 is 0 Å². The van der Waals surface area contributed by atoms with Crippen LogP contribution in [-0.2, 0) is 4.74 Å². The Kier molecular flexibility index (Phi) is 11.0. The lowest BCUT2D eigenvalue weighted by Gasteiger charge is -2.21. The number of hydrogen-bond acceptors (Lipinski definition) is 4. The van der Waals surface area contributed by atoms with E-state index in [-0.39, 0.29) is 30.0 Å². The first kappa shape index (κ1) is 24.8. The Morgan fingerprint density at radius 1 is 1.21 bits per heavy atom. The second-order valence-electron chi connectivity index (χ2n) is 7.12. The molecule has 0 aliphatic heterocycles. The molecule has 2 N–H and O–H groups in total. The van der Waals surface area contributed by atoms with Crippen molar-refractivity contribution in [3.05, 3.63) is 23.8 Å². The molecule has 0 amide bonds. The van der Waals surface area contributed by atoms with Crippen LogP contribution >= 0.6 is 24.0 Å². The minimum Gasteiger partial charge on any atom is -0.497 e. The highest BCUT2D eigenvalue weighted by atomic mass is 127. The summed E-state index contributed by atoms with van der Waals surface area (Å²) in [5.41, 5.74) is 1.37. The van der Waals surface area contributed by atoms with Crippen LogP contribution in [0.25, 0.3) is 0 Å². The van der Waals surface area contributed by atoms with Gasteiger partial charge in [-0.3, -0.25) is 4.99 Å². The van der Waals surface area contributed by atoms with Crippen LogP contribution in [-0.4, -0.2) is 46.5 Å². The normalized spacial score (nSPS) is 16.0. The van der Waals surface area contributed by atoms with Gasteiger partial charge in [0.15, 0.2) is 5.96 Å². The van der Waals surface area contributed by atoms with E-state index in [1.54, 1.807) is 14.2 Å². The number of halogens is 1. The van der Waals surface area contributed by atoms with E-state index in [1.165, 1.54) is 12.8 Å². The lowest BCUT2D eigenvalue weighted by atomic mass is 10.0. The summed E-state index contributed by atoms with van der Waals surface area (Å²) in [7, 11) is 3.36. The van der Waals surface area contributed by atoms with Crippen molar-refractivity contribution in [3.63, 3.8) is 0 Å². The number of nitrogens with zero attached hydrogens (tertiary/aromatic N) is 1. The number of methoxy groups -OCH3 is 2. The Labute approximate surface area is 186 Å². The average molecular weight is 505 g/mol. The Morgan fingerprint density at radius 2 is 1.96 bits per heavy atom. The van der Waals surface area contributed by atoms with E-state index in [9.17, 15) is 0 Å². The van der Waals surface area contributed by atoms with E-state index in [0.717, 1.165) is 55.7 Å². The summed E-state index contributed by atoms with van der Waals surface area (Å²) in [6.45, 7) is 9.48. The van der Waals surface area contributed by atoms with Crippen molar-refractivity contribution in [3.8, 4) is 11.5 Å². The highest BCUT2D eigenvalue weighted by Gasteiger charge is 2.41. The predicted molar refractivity (Wildman–Crippen MR) is 125 cm³/mol. The predicted octanol–water partition coefficient (Wildman–Crippen LogP) is 4.14. The fourth-order valence-corrected chi connectivity index (χ4v) is 3.12. The highest BCUT2D eigenvalue weighted by molar-refractivity contribution is 14.0. The first-order chi connectivity index (χ1) is 13.1. The summed E-state index contributed by atoms with van der Waals surface area (Å²) >= 11 is 0. The van der Waals surface area contributed by atoms with Crippen molar-refractivity contribution in [1.82, 2.24) is 10.6 Å². The summed E-state index contributed by atoms with van der Waals surface area (Å²) in [6, 6.07) is 5.88. The van der Waals surface area contributed by atoms with Crippen molar-refractivity contribution < 1.29 is 14.2 Å². The van der Waals surface area contributed by atoms with Crippen LogP contribution in [0.1, 0.15) is 51.6 Å². The summed E-state index contributed by atoms with van der Waals surface area (Å²) in [5, 5.41) is 6.85. The molecule has 1 fully saturated rings. The zero-order valence-electron chi connectivity index (χ0n) is 17.8. The molecule has 1 aliphatic rings. The van der Waals surface area contributed by atoms with E-state index in [2.05, 4.69) is 24.5 Å². The molecule has 1 unspecified atom stereocenters. The van der Waals surface area contributed by atoms with E-state index in [1.807, 2.05) is 25.1 Å². The molecule has 6 nitrogen and oxygen atoms in total. The molecule has 2 rings (SSSR count). The lowest BCUT2D eigenvalue weighted by molar-refractivity contribution is 0.129. The second-order valence-corrected chi connectivity index (χ2v) is 7.12. The zero-order valence-corrected chi connectivity index (χ0v) is 20.2. The van der Waals surface area contributed by atoms with E-state index in [0.29, 0.717) is 5.41 Å². The van der Waals surface area contributed by atoms with Crippen molar-refractivity contribution in [2.45, 2.75) is 46.1 Å². The van der Waals surface area contributed by atoms with E-state index < -0.39 is 0 Å². The third kappa shape index (κ3) is 7.31. The van der Waals surface area contributed by atoms with E-state index in [4.69, 9.17) is 19.2 Å². The molecule has 1 aromatic carbocycles. The van der Waals surface area contributed by atoms with Gasteiger partial charge in [0.1, 0.15) is 11.5 Å². The number of hydrogen-bond donors (Lipinski definition) is 2. The topological polar surface area (TPSA) is 64.1 Å². The molecule has 28 heavy (non-hydrogen) atoms. The van der Waals surface area contributed by atoms with Crippen LogP contribution in [0.15, 0.2) is 23.2 Å². The molecule has 1 saturated carbocycles. The first-order valence-corrected chi connectivity index (χ1v) is 9.92. The van der Waals surface area contributed by atoms with Gasteiger partial charge in [-0.15, -0.1) is 24.0 Å². The molecule has 0 radical (unpaired) electrons. The monoisotopic (exact) mass is 505 g/mol. The van der Waals surface area contributed by atoms with Gasteiger partial charge >= 0.3 is 0 Å². The maximum Gasteiger partial charge on any atom is 0.191 e. The molecule has 1 atom stereocenters. The quantitative estimate of drug-likeness (QED) is 0.205. The van der Waals surface area contributed by atoms with Crippen molar-refractivity contribution in [1.29, 1.82) is 0 Å². The Balaban J connectivity index is 0.00000392. The molecule has 0 heterocycles.